The number of aliphatic hydroxyl groups is 1. The fourth-order valence-corrected chi connectivity index (χ4v) is 2.19. The van der Waals surface area contributed by atoms with E-state index in [1.54, 1.807) is 7.11 Å². The molecule has 1 aromatic rings. The molecule has 0 bridgehead atoms. The first-order valence-electron chi connectivity index (χ1n) is 6.18. The Morgan fingerprint density at radius 1 is 1.41 bits per heavy atom. The highest BCUT2D eigenvalue weighted by Crippen LogP contribution is 2.30. The lowest BCUT2D eigenvalue weighted by atomic mass is 10.0. The summed E-state index contributed by atoms with van der Waals surface area (Å²) in [6.07, 6.45) is 1.97. The maximum atomic E-state index is 10.2. The summed E-state index contributed by atoms with van der Waals surface area (Å²) in [5.74, 6) is 0.806. The van der Waals surface area contributed by atoms with Crippen LogP contribution < -0.4 is 10.1 Å². The Kier molecular flexibility index (Phi) is 3.69. The summed E-state index contributed by atoms with van der Waals surface area (Å²) >= 11 is 0. The van der Waals surface area contributed by atoms with Crippen LogP contribution in [0.5, 0.6) is 5.75 Å². The Labute approximate surface area is 103 Å². The van der Waals surface area contributed by atoms with Crippen LogP contribution in [0.1, 0.15) is 35.6 Å². The lowest BCUT2D eigenvalue weighted by Gasteiger charge is -2.18. The molecule has 2 N–H and O–H groups in total. The molecule has 1 atom stereocenters. The van der Waals surface area contributed by atoms with Crippen molar-refractivity contribution in [2.45, 2.75) is 38.8 Å². The van der Waals surface area contributed by atoms with E-state index >= 15 is 0 Å². The van der Waals surface area contributed by atoms with Gasteiger partial charge in [0.25, 0.3) is 0 Å². The molecule has 0 heterocycles. The Bertz CT molecular complexity index is 399. The van der Waals surface area contributed by atoms with Crippen LogP contribution in [0.2, 0.25) is 0 Å². The fourth-order valence-electron chi connectivity index (χ4n) is 2.19. The van der Waals surface area contributed by atoms with Crippen LogP contribution in [-0.2, 0) is 0 Å². The fraction of sp³-hybridized carbons (Fsp3) is 0.571. The minimum Gasteiger partial charge on any atom is -0.496 e. The SMILES string of the molecule is COc1c(C)cc(C)cc1C(O)CNC1CC1. The van der Waals surface area contributed by atoms with E-state index in [-0.39, 0.29) is 0 Å². The normalized spacial score (nSPS) is 16.9. The van der Waals surface area contributed by atoms with E-state index in [1.165, 1.54) is 12.8 Å². The molecule has 0 amide bonds. The van der Waals surface area contributed by atoms with E-state index in [9.17, 15) is 5.11 Å². The third kappa shape index (κ3) is 2.99. The smallest absolute Gasteiger partial charge is 0.127 e. The first-order chi connectivity index (χ1) is 8.11. The number of methoxy groups -OCH3 is 1. The molecule has 0 radical (unpaired) electrons. The van der Waals surface area contributed by atoms with Crippen molar-refractivity contribution < 1.29 is 9.84 Å². The van der Waals surface area contributed by atoms with E-state index in [2.05, 4.69) is 11.4 Å². The quantitative estimate of drug-likeness (QED) is 0.821. The number of hydrogen-bond donors (Lipinski definition) is 2. The summed E-state index contributed by atoms with van der Waals surface area (Å²) in [5.41, 5.74) is 3.12. The maximum absolute atomic E-state index is 10.2. The highest BCUT2D eigenvalue weighted by Gasteiger charge is 2.23. The van der Waals surface area contributed by atoms with Crippen molar-refractivity contribution in [2.24, 2.45) is 0 Å². The summed E-state index contributed by atoms with van der Waals surface area (Å²) in [4.78, 5) is 0. The molecule has 1 aliphatic rings. The Balaban J connectivity index is 2.15. The van der Waals surface area contributed by atoms with Crippen molar-refractivity contribution >= 4 is 0 Å². The molecule has 0 spiro atoms. The molecule has 1 aliphatic carbocycles. The standard InChI is InChI=1S/C14H21NO2/c1-9-6-10(2)14(17-3)12(7-9)13(16)8-15-11-4-5-11/h6-7,11,13,15-16H,4-5,8H2,1-3H3. The van der Waals surface area contributed by atoms with Gasteiger partial charge in [-0.25, -0.2) is 0 Å². The second-order valence-corrected chi connectivity index (χ2v) is 4.90. The molecule has 0 saturated heterocycles. The molecule has 0 aromatic heterocycles. The van der Waals surface area contributed by atoms with E-state index in [4.69, 9.17) is 4.74 Å². The summed E-state index contributed by atoms with van der Waals surface area (Å²) in [5, 5.41) is 13.6. The van der Waals surface area contributed by atoms with Gasteiger partial charge in [0.2, 0.25) is 0 Å². The Morgan fingerprint density at radius 3 is 2.71 bits per heavy atom. The second-order valence-electron chi connectivity index (χ2n) is 4.90. The molecule has 17 heavy (non-hydrogen) atoms. The number of nitrogens with one attached hydrogen (secondary N) is 1. The molecule has 1 fully saturated rings. The topological polar surface area (TPSA) is 41.5 Å². The van der Waals surface area contributed by atoms with Gasteiger partial charge in [0.1, 0.15) is 5.75 Å². The predicted molar refractivity (Wildman–Crippen MR) is 68.5 cm³/mol. The number of rotatable bonds is 5. The van der Waals surface area contributed by atoms with E-state index in [0.717, 1.165) is 22.4 Å². The summed E-state index contributed by atoms with van der Waals surface area (Å²) in [7, 11) is 1.65. The van der Waals surface area contributed by atoms with Gasteiger partial charge < -0.3 is 15.2 Å². The number of ether oxygens (including phenoxy) is 1. The monoisotopic (exact) mass is 235 g/mol. The lowest BCUT2D eigenvalue weighted by molar-refractivity contribution is 0.170. The molecular formula is C14H21NO2. The maximum Gasteiger partial charge on any atom is 0.127 e. The minimum atomic E-state index is -0.496. The van der Waals surface area contributed by atoms with Gasteiger partial charge in [-0.05, 0) is 38.3 Å². The van der Waals surface area contributed by atoms with Gasteiger partial charge in [-0.3, -0.25) is 0 Å². The van der Waals surface area contributed by atoms with Crippen LogP contribution in [0.15, 0.2) is 12.1 Å². The zero-order valence-corrected chi connectivity index (χ0v) is 10.8. The minimum absolute atomic E-state index is 0.496. The molecule has 0 aliphatic heterocycles. The van der Waals surface area contributed by atoms with Gasteiger partial charge in [-0.2, -0.15) is 0 Å². The van der Waals surface area contributed by atoms with E-state index in [0.29, 0.717) is 12.6 Å². The summed E-state index contributed by atoms with van der Waals surface area (Å²) in [6.45, 7) is 4.65. The lowest BCUT2D eigenvalue weighted by Crippen LogP contribution is -2.23. The van der Waals surface area contributed by atoms with Gasteiger partial charge in [0, 0.05) is 18.2 Å². The van der Waals surface area contributed by atoms with Gasteiger partial charge in [0.15, 0.2) is 0 Å². The van der Waals surface area contributed by atoms with Crippen LogP contribution in [0.25, 0.3) is 0 Å². The van der Waals surface area contributed by atoms with Crippen LogP contribution >= 0.6 is 0 Å². The molecule has 94 valence electrons. The van der Waals surface area contributed by atoms with Crippen molar-refractivity contribution in [3.05, 3.63) is 28.8 Å². The van der Waals surface area contributed by atoms with Crippen LogP contribution in [0.3, 0.4) is 0 Å². The average Bonchev–Trinajstić information content (AvgIpc) is 3.08. The van der Waals surface area contributed by atoms with Crippen molar-refractivity contribution in [3.8, 4) is 5.75 Å². The molecule has 1 aromatic carbocycles. The van der Waals surface area contributed by atoms with Gasteiger partial charge >= 0.3 is 0 Å². The van der Waals surface area contributed by atoms with Gasteiger partial charge in [0.05, 0.1) is 13.2 Å². The molecule has 3 nitrogen and oxygen atoms in total. The highest BCUT2D eigenvalue weighted by molar-refractivity contribution is 5.45. The predicted octanol–water partition coefficient (Wildman–Crippen LogP) is 2.10. The highest BCUT2D eigenvalue weighted by atomic mass is 16.5. The van der Waals surface area contributed by atoms with E-state index < -0.39 is 6.10 Å². The summed E-state index contributed by atoms with van der Waals surface area (Å²) < 4.78 is 5.39. The summed E-state index contributed by atoms with van der Waals surface area (Å²) in [6, 6.07) is 4.69. The number of benzene rings is 1. The first kappa shape index (κ1) is 12.4. The van der Waals surface area contributed by atoms with Crippen molar-refractivity contribution in [1.29, 1.82) is 0 Å². The van der Waals surface area contributed by atoms with E-state index in [1.807, 2.05) is 19.9 Å². The number of aliphatic hydroxyl groups excluding tert-OH is 1. The Hall–Kier alpha value is -1.06. The number of aryl methyl sites for hydroxylation is 2. The zero-order chi connectivity index (χ0) is 12.4. The van der Waals surface area contributed by atoms with Crippen LogP contribution in [0.4, 0.5) is 0 Å². The van der Waals surface area contributed by atoms with Crippen molar-refractivity contribution in [1.82, 2.24) is 5.32 Å². The molecule has 2 rings (SSSR count). The third-order valence-corrected chi connectivity index (χ3v) is 3.19. The van der Waals surface area contributed by atoms with Gasteiger partial charge in [-0.15, -0.1) is 0 Å². The number of hydrogen-bond acceptors (Lipinski definition) is 3. The van der Waals surface area contributed by atoms with Crippen LogP contribution in [0, 0.1) is 13.8 Å². The second kappa shape index (κ2) is 5.07. The molecule has 1 unspecified atom stereocenters. The largest absolute Gasteiger partial charge is 0.496 e. The molecule has 1 saturated carbocycles. The zero-order valence-electron chi connectivity index (χ0n) is 10.8. The van der Waals surface area contributed by atoms with Crippen molar-refractivity contribution in [3.63, 3.8) is 0 Å². The third-order valence-electron chi connectivity index (χ3n) is 3.19. The molecular weight excluding hydrogens is 214 g/mol. The Morgan fingerprint density at radius 2 is 2.12 bits per heavy atom. The van der Waals surface area contributed by atoms with Gasteiger partial charge in [-0.1, -0.05) is 11.6 Å². The first-order valence-corrected chi connectivity index (χ1v) is 6.18. The molecule has 3 heteroatoms. The average molecular weight is 235 g/mol. The van der Waals surface area contributed by atoms with Crippen LogP contribution in [-0.4, -0.2) is 24.8 Å². The van der Waals surface area contributed by atoms with Crippen molar-refractivity contribution in [2.75, 3.05) is 13.7 Å².